The Morgan fingerprint density at radius 2 is 1.96 bits per heavy atom. The van der Waals surface area contributed by atoms with Crippen molar-refractivity contribution >= 4 is 28.6 Å². The first kappa shape index (κ1) is 14.9. The van der Waals surface area contributed by atoms with E-state index in [0.717, 1.165) is 6.07 Å². The number of hydrogen-bond donors (Lipinski definition) is 3. The number of halogens is 3. The third-order valence-corrected chi connectivity index (χ3v) is 3.34. The van der Waals surface area contributed by atoms with Gasteiger partial charge in [-0.25, -0.2) is 18.2 Å². The number of aryl methyl sites for hydroxylation is 1. The van der Waals surface area contributed by atoms with Crippen LogP contribution in [0.3, 0.4) is 0 Å². The zero-order chi connectivity index (χ0) is 16.7. The van der Waals surface area contributed by atoms with E-state index in [1.54, 1.807) is 0 Å². The summed E-state index contributed by atoms with van der Waals surface area (Å²) in [5, 5.41) is 2.49. The fourth-order valence-electron chi connectivity index (χ4n) is 2.22. The van der Waals surface area contributed by atoms with Crippen LogP contribution in [-0.2, 0) is 0 Å². The largest absolute Gasteiger partial charge is 0.369 e. The van der Waals surface area contributed by atoms with Gasteiger partial charge in [0.15, 0.2) is 17.6 Å². The predicted molar refractivity (Wildman–Crippen MR) is 79.5 cm³/mol. The standard InChI is InChI=1S/C15H11F3N4O/c1-6-4-7(2-3-9(6)16)20-14(23)8-5-10(17)11(18)13-12(8)21-15(19)22-13/h2-5H,1H3,(H,20,23)(H3,19,21,22). The maximum absolute atomic E-state index is 13.7. The number of aromatic nitrogens is 2. The molecule has 0 bridgehead atoms. The number of carbonyl (C=O) groups is 1. The van der Waals surface area contributed by atoms with E-state index in [4.69, 9.17) is 5.73 Å². The quantitative estimate of drug-likeness (QED) is 0.678. The van der Waals surface area contributed by atoms with Crippen LogP contribution in [0.15, 0.2) is 24.3 Å². The lowest BCUT2D eigenvalue weighted by Gasteiger charge is -2.08. The van der Waals surface area contributed by atoms with Crippen LogP contribution in [0.4, 0.5) is 24.8 Å². The fourth-order valence-corrected chi connectivity index (χ4v) is 2.22. The number of hydrogen-bond acceptors (Lipinski definition) is 3. The monoisotopic (exact) mass is 320 g/mol. The van der Waals surface area contributed by atoms with Gasteiger partial charge in [0.25, 0.3) is 5.91 Å². The summed E-state index contributed by atoms with van der Waals surface area (Å²) in [5.74, 6) is -3.68. The average Bonchev–Trinajstić information content (AvgIpc) is 2.88. The highest BCUT2D eigenvalue weighted by Crippen LogP contribution is 2.24. The first-order valence-electron chi connectivity index (χ1n) is 6.57. The third-order valence-electron chi connectivity index (χ3n) is 3.34. The number of imidazole rings is 1. The number of H-pyrrole nitrogens is 1. The Morgan fingerprint density at radius 3 is 2.65 bits per heavy atom. The number of nitrogen functional groups attached to an aromatic ring is 1. The van der Waals surface area contributed by atoms with Gasteiger partial charge in [0.1, 0.15) is 11.3 Å². The maximum Gasteiger partial charge on any atom is 0.257 e. The Bertz CT molecular complexity index is 936. The van der Waals surface area contributed by atoms with Crippen molar-refractivity contribution in [2.45, 2.75) is 6.92 Å². The van der Waals surface area contributed by atoms with E-state index >= 15 is 0 Å². The van der Waals surface area contributed by atoms with Crippen LogP contribution < -0.4 is 11.1 Å². The number of amides is 1. The molecule has 2 aromatic carbocycles. The van der Waals surface area contributed by atoms with Crippen molar-refractivity contribution in [1.82, 2.24) is 9.97 Å². The van der Waals surface area contributed by atoms with Crippen molar-refractivity contribution in [3.63, 3.8) is 0 Å². The number of carbonyl (C=O) groups excluding carboxylic acids is 1. The van der Waals surface area contributed by atoms with Crippen LogP contribution in [0.5, 0.6) is 0 Å². The molecule has 4 N–H and O–H groups in total. The molecule has 0 spiro atoms. The Balaban J connectivity index is 2.04. The smallest absolute Gasteiger partial charge is 0.257 e. The minimum Gasteiger partial charge on any atom is -0.369 e. The van der Waals surface area contributed by atoms with Crippen molar-refractivity contribution in [3.8, 4) is 0 Å². The molecule has 3 rings (SSSR count). The van der Waals surface area contributed by atoms with Crippen molar-refractivity contribution < 1.29 is 18.0 Å². The number of rotatable bonds is 2. The van der Waals surface area contributed by atoms with Gasteiger partial charge in [0, 0.05) is 5.69 Å². The van der Waals surface area contributed by atoms with Gasteiger partial charge in [-0.2, -0.15) is 0 Å². The van der Waals surface area contributed by atoms with Gasteiger partial charge in [-0.3, -0.25) is 4.79 Å². The minimum atomic E-state index is -1.22. The number of benzene rings is 2. The summed E-state index contributed by atoms with van der Waals surface area (Å²) in [5.41, 5.74) is 5.56. The second-order valence-corrected chi connectivity index (χ2v) is 4.98. The summed E-state index contributed by atoms with van der Waals surface area (Å²) in [6.45, 7) is 1.54. The minimum absolute atomic E-state index is 0.0160. The summed E-state index contributed by atoms with van der Waals surface area (Å²) in [7, 11) is 0. The highest BCUT2D eigenvalue weighted by molar-refractivity contribution is 6.11. The molecule has 1 aromatic heterocycles. The summed E-state index contributed by atoms with van der Waals surface area (Å²) in [6, 6.07) is 4.73. The lowest BCUT2D eigenvalue weighted by atomic mass is 10.1. The van der Waals surface area contributed by atoms with E-state index in [9.17, 15) is 18.0 Å². The Morgan fingerprint density at radius 1 is 1.22 bits per heavy atom. The van der Waals surface area contributed by atoms with Crippen LogP contribution >= 0.6 is 0 Å². The molecule has 5 nitrogen and oxygen atoms in total. The van der Waals surface area contributed by atoms with Crippen LogP contribution in [0.2, 0.25) is 0 Å². The van der Waals surface area contributed by atoms with E-state index in [1.165, 1.54) is 25.1 Å². The molecule has 0 atom stereocenters. The van der Waals surface area contributed by atoms with Crippen LogP contribution in [0.1, 0.15) is 15.9 Å². The molecule has 0 aliphatic rings. The maximum atomic E-state index is 13.7. The lowest BCUT2D eigenvalue weighted by molar-refractivity contribution is 0.102. The zero-order valence-corrected chi connectivity index (χ0v) is 11.9. The van der Waals surface area contributed by atoms with Gasteiger partial charge in [0.2, 0.25) is 0 Å². The molecule has 0 aliphatic carbocycles. The van der Waals surface area contributed by atoms with Crippen molar-refractivity contribution in [1.29, 1.82) is 0 Å². The number of nitrogens with two attached hydrogens (primary N) is 1. The van der Waals surface area contributed by atoms with Gasteiger partial charge in [-0.15, -0.1) is 0 Å². The molecule has 1 amide bonds. The van der Waals surface area contributed by atoms with Crippen LogP contribution in [-0.4, -0.2) is 15.9 Å². The second kappa shape index (κ2) is 5.31. The normalized spacial score (nSPS) is 11.0. The van der Waals surface area contributed by atoms with Crippen molar-refractivity contribution in [3.05, 3.63) is 52.8 Å². The number of nitrogens with zero attached hydrogens (tertiary/aromatic N) is 1. The van der Waals surface area contributed by atoms with Gasteiger partial charge in [0.05, 0.1) is 11.1 Å². The Labute approximate surface area is 128 Å². The molecule has 0 saturated carbocycles. The Hall–Kier alpha value is -3.03. The molecule has 0 saturated heterocycles. The summed E-state index contributed by atoms with van der Waals surface area (Å²) >= 11 is 0. The van der Waals surface area contributed by atoms with E-state index in [0.29, 0.717) is 11.3 Å². The fraction of sp³-hybridized carbons (Fsp3) is 0.0667. The molecule has 0 aliphatic heterocycles. The molecule has 0 unspecified atom stereocenters. The van der Waals surface area contributed by atoms with E-state index in [1.807, 2.05) is 0 Å². The topological polar surface area (TPSA) is 83.8 Å². The van der Waals surface area contributed by atoms with Gasteiger partial charge in [-0.05, 0) is 36.8 Å². The van der Waals surface area contributed by atoms with E-state index in [2.05, 4.69) is 15.3 Å². The molecule has 0 radical (unpaired) electrons. The Kier molecular flexibility index (Phi) is 3.44. The van der Waals surface area contributed by atoms with Crippen molar-refractivity contribution in [2.75, 3.05) is 11.1 Å². The van der Waals surface area contributed by atoms with E-state index < -0.39 is 23.4 Å². The summed E-state index contributed by atoms with van der Waals surface area (Å²) < 4.78 is 40.6. The third kappa shape index (κ3) is 2.59. The van der Waals surface area contributed by atoms with E-state index in [-0.39, 0.29) is 22.5 Å². The first-order chi connectivity index (χ1) is 10.9. The molecular formula is C15H11F3N4O. The second-order valence-electron chi connectivity index (χ2n) is 4.98. The van der Waals surface area contributed by atoms with Crippen molar-refractivity contribution in [2.24, 2.45) is 0 Å². The molecular weight excluding hydrogens is 309 g/mol. The molecule has 1 heterocycles. The van der Waals surface area contributed by atoms with Crippen LogP contribution in [0, 0.1) is 24.4 Å². The first-order valence-corrected chi connectivity index (χ1v) is 6.57. The summed E-state index contributed by atoms with van der Waals surface area (Å²) in [6.07, 6.45) is 0. The molecule has 23 heavy (non-hydrogen) atoms. The van der Waals surface area contributed by atoms with Gasteiger partial charge >= 0.3 is 0 Å². The molecule has 3 aromatic rings. The number of nitrogens with one attached hydrogen (secondary N) is 2. The number of anilines is 2. The highest BCUT2D eigenvalue weighted by atomic mass is 19.2. The highest BCUT2D eigenvalue weighted by Gasteiger charge is 2.20. The van der Waals surface area contributed by atoms with Gasteiger partial charge < -0.3 is 16.0 Å². The average molecular weight is 320 g/mol. The summed E-state index contributed by atoms with van der Waals surface area (Å²) in [4.78, 5) is 18.5. The number of aromatic amines is 1. The molecule has 8 heteroatoms. The molecule has 118 valence electrons. The lowest BCUT2D eigenvalue weighted by Crippen LogP contribution is -2.13. The SMILES string of the molecule is Cc1cc(NC(=O)c2cc(F)c(F)c3nc(N)[nH]c23)ccc1F. The number of fused-ring (bicyclic) bond motifs is 1. The predicted octanol–water partition coefficient (Wildman–Crippen LogP) is 3.12. The zero-order valence-electron chi connectivity index (χ0n) is 11.9. The van der Waals surface area contributed by atoms with Crippen LogP contribution in [0.25, 0.3) is 11.0 Å². The molecule has 0 fully saturated rings. The van der Waals surface area contributed by atoms with Gasteiger partial charge in [-0.1, -0.05) is 0 Å².